The van der Waals surface area contributed by atoms with Gasteiger partial charge < -0.3 is 16.8 Å². The highest BCUT2D eigenvalue weighted by atomic mass is 16.1. The molecular formula is C19H25N5O. The number of carbonyl (C=O) groups is 1. The number of nitrogens with zero attached hydrogens (tertiary/aromatic N) is 2. The van der Waals surface area contributed by atoms with E-state index in [1.54, 1.807) is 12.3 Å². The first kappa shape index (κ1) is 17.4. The van der Waals surface area contributed by atoms with Gasteiger partial charge in [0.2, 0.25) is 0 Å². The van der Waals surface area contributed by atoms with Crippen molar-refractivity contribution in [1.82, 2.24) is 15.2 Å². The number of primary amides is 1. The number of carbonyl (C=O) groups excluding carboxylic acids is 1. The second-order valence-corrected chi connectivity index (χ2v) is 6.89. The van der Waals surface area contributed by atoms with Crippen molar-refractivity contribution in [2.45, 2.75) is 19.4 Å². The van der Waals surface area contributed by atoms with Crippen molar-refractivity contribution in [3.8, 4) is 11.1 Å². The Morgan fingerprint density at radius 1 is 1.16 bits per heavy atom. The molecule has 1 fully saturated rings. The summed E-state index contributed by atoms with van der Waals surface area (Å²) in [6, 6.07) is 10.1. The summed E-state index contributed by atoms with van der Waals surface area (Å²) in [6.45, 7) is 8.63. The summed E-state index contributed by atoms with van der Waals surface area (Å²) in [5, 5.41) is 3.39. The highest BCUT2D eigenvalue weighted by molar-refractivity contribution is 5.98. The number of anilines is 1. The van der Waals surface area contributed by atoms with E-state index in [-0.39, 0.29) is 16.9 Å². The first-order valence-electron chi connectivity index (χ1n) is 8.51. The van der Waals surface area contributed by atoms with E-state index in [1.165, 1.54) is 5.56 Å². The number of hydrogen-bond donors (Lipinski definition) is 3. The average Bonchev–Trinajstić information content (AvgIpc) is 2.63. The number of amides is 1. The summed E-state index contributed by atoms with van der Waals surface area (Å²) in [5.41, 5.74) is 14.4. The lowest BCUT2D eigenvalue weighted by atomic mass is 9.90. The van der Waals surface area contributed by atoms with Crippen LogP contribution in [0.2, 0.25) is 0 Å². The molecule has 0 bridgehead atoms. The average molecular weight is 339 g/mol. The fraction of sp³-hybridized carbons (Fsp3) is 0.368. The van der Waals surface area contributed by atoms with Gasteiger partial charge in [-0.25, -0.2) is 4.98 Å². The number of pyridine rings is 1. The maximum Gasteiger partial charge on any atom is 0.252 e. The highest BCUT2D eigenvalue weighted by Crippen LogP contribution is 2.30. The molecule has 6 heteroatoms. The van der Waals surface area contributed by atoms with Crippen LogP contribution in [0.1, 0.15) is 29.8 Å². The predicted molar refractivity (Wildman–Crippen MR) is 100 cm³/mol. The second-order valence-electron chi connectivity index (χ2n) is 6.89. The molecule has 25 heavy (non-hydrogen) atoms. The lowest BCUT2D eigenvalue weighted by molar-refractivity contribution is 0.100. The molecule has 3 rings (SSSR count). The largest absolute Gasteiger partial charge is 0.383 e. The van der Waals surface area contributed by atoms with Crippen molar-refractivity contribution >= 4 is 11.7 Å². The number of nitrogen functional groups attached to an aromatic ring is 1. The molecule has 1 amide bonds. The molecule has 0 atom stereocenters. The van der Waals surface area contributed by atoms with Crippen LogP contribution in [0.5, 0.6) is 0 Å². The van der Waals surface area contributed by atoms with Gasteiger partial charge in [-0.15, -0.1) is 0 Å². The van der Waals surface area contributed by atoms with Gasteiger partial charge in [0.15, 0.2) is 0 Å². The van der Waals surface area contributed by atoms with Crippen LogP contribution in [-0.2, 0) is 5.54 Å². The third-order valence-electron chi connectivity index (χ3n) is 5.02. The van der Waals surface area contributed by atoms with Crippen molar-refractivity contribution in [3.63, 3.8) is 0 Å². The number of nitrogens with two attached hydrogens (primary N) is 2. The van der Waals surface area contributed by atoms with E-state index in [0.29, 0.717) is 0 Å². The minimum absolute atomic E-state index is 0.0294. The van der Waals surface area contributed by atoms with Crippen LogP contribution in [0.25, 0.3) is 11.1 Å². The number of nitrogens with one attached hydrogen (secondary N) is 1. The molecule has 0 unspecified atom stereocenters. The summed E-state index contributed by atoms with van der Waals surface area (Å²) in [6.07, 6.45) is 1.66. The summed E-state index contributed by atoms with van der Waals surface area (Å²) >= 11 is 0. The Balaban J connectivity index is 1.87. The van der Waals surface area contributed by atoms with Crippen molar-refractivity contribution in [3.05, 3.63) is 47.7 Å². The Hall–Kier alpha value is -2.44. The van der Waals surface area contributed by atoms with Crippen molar-refractivity contribution in [2.75, 3.05) is 31.9 Å². The quantitative estimate of drug-likeness (QED) is 0.785. The number of piperazine rings is 1. The lowest BCUT2D eigenvalue weighted by Gasteiger charge is -2.41. The van der Waals surface area contributed by atoms with E-state index in [9.17, 15) is 4.79 Å². The van der Waals surface area contributed by atoms with Crippen LogP contribution in [0.4, 0.5) is 5.82 Å². The molecule has 0 radical (unpaired) electrons. The van der Waals surface area contributed by atoms with E-state index >= 15 is 0 Å². The normalized spacial score (nSPS) is 15.9. The van der Waals surface area contributed by atoms with Gasteiger partial charge in [-0.1, -0.05) is 24.3 Å². The minimum Gasteiger partial charge on any atom is -0.383 e. The molecular weight excluding hydrogens is 314 g/mol. The topological polar surface area (TPSA) is 97.3 Å². The third-order valence-corrected chi connectivity index (χ3v) is 5.02. The van der Waals surface area contributed by atoms with Gasteiger partial charge in [-0.3, -0.25) is 9.69 Å². The first-order chi connectivity index (χ1) is 11.9. The zero-order valence-electron chi connectivity index (χ0n) is 14.7. The molecule has 132 valence electrons. The van der Waals surface area contributed by atoms with Crippen molar-refractivity contribution < 1.29 is 4.79 Å². The molecule has 6 nitrogen and oxygen atoms in total. The number of aromatic nitrogens is 1. The molecule has 1 aromatic carbocycles. The zero-order valence-corrected chi connectivity index (χ0v) is 14.7. The van der Waals surface area contributed by atoms with Gasteiger partial charge in [0.25, 0.3) is 5.91 Å². The van der Waals surface area contributed by atoms with Crippen LogP contribution in [0, 0.1) is 0 Å². The molecule has 0 saturated carbocycles. The SMILES string of the molecule is CC(C)(c1ccc(-c2cnc(N)c(C(N)=O)c2)cc1)N1CCNCC1. The molecule has 1 aliphatic rings. The number of rotatable bonds is 4. The summed E-state index contributed by atoms with van der Waals surface area (Å²) in [4.78, 5) is 18.0. The lowest BCUT2D eigenvalue weighted by Crippen LogP contribution is -2.51. The van der Waals surface area contributed by atoms with Crippen LogP contribution >= 0.6 is 0 Å². The fourth-order valence-corrected chi connectivity index (χ4v) is 3.31. The molecule has 1 aromatic heterocycles. The second kappa shape index (κ2) is 6.82. The van der Waals surface area contributed by atoms with Crippen LogP contribution in [-0.4, -0.2) is 42.0 Å². The van der Waals surface area contributed by atoms with Crippen LogP contribution < -0.4 is 16.8 Å². The standard InChI is InChI=1S/C19H25N5O/c1-19(2,24-9-7-22-8-10-24)15-5-3-13(4-6-15)14-11-16(18(21)25)17(20)23-12-14/h3-6,11-12,22H,7-10H2,1-2H3,(H2,20,23)(H2,21,25). The summed E-state index contributed by atoms with van der Waals surface area (Å²) in [7, 11) is 0. The van der Waals surface area contributed by atoms with Gasteiger partial charge in [-0.2, -0.15) is 0 Å². The molecule has 0 aliphatic carbocycles. The van der Waals surface area contributed by atoms with Crippen molar-refractivity contribution in [1.29, 1.82) is 0 Å². The number of hydrogen-bond acceptors (Lipinski definition) is 5. The maximum atomic E-state index is 11.5. The van der Waals surface area contributed by atoms with Gasteiger partial charge in [0.1, 0.15) is 5.82 Å². The Morgan fingerprint density at radius 3 is 2.40 bits per heavy atom. The number of benzene rings is 1. The molecule has 5 N–H and O–H groups in total. The van der Waals surface area contributed by atoms with E-state index in [2.05, 4.69) is 53.3 Å². The van der Waals surface area contributed by atoms with E-state index < -0.39 is 5.91 Å². The first-order valence-corrected chi connectivity index (χ1v) is 8.51. The molecule has 2 heterocycles. The molecule has 2 aromatic rings. The smallest absolute Gasteiger partial charge is 0.252 e. The molecule has 1 saturated heterocycles. The van der Waals surface area contributed by atoms with Gasteiger partial charge >= 0.3 is 0 Å². The minimum atomic E-state index is -0.566. The predicted octanol–water partition coefficient (Wildman–Crippen LogP) is 1.57. The van der Waals surface area contributed by atoms with Gasteiger partial charge in [0.05, 0.1) is 5.56 Å². The molecule has 1 aliphatic heterocycles. The van der Waals surface area contributed by atoms with Gasteiger partial charge in [-0.05, 0) is 31.0 Å². The highest BCUT2D eigenvalue weighted by Gasteiger charge is 2.29. The molecule has 0 spiro atoms. The fourth-order valence-electron chi connectivity index (χ4n) is 3.31. The van der Waals surface area contributed by atoms with E-state index in [4.69, 9.17) is 11.5 Å². The van der Waals surface area contributed by atoms with E-state index in [1.807, 2.05) is 0 Å². The zero-order chi connectivity index (χ0) is 18.0. The Kier molecular flexibility index (Phi) is 4.74. The van der Waals surface area contributed by atoms with Crippen LogP contribution in [0.15, 0.2) is 36.5 Å². The van der Waals surface area contributed by atoms with E-state index in [0.717, 1.165) is 37.3 Å². The van der Waals surface area contributed by atoms with Gasteiger partial charge in [0, 0.05) is 43.5 Å². The maximum absolute atomic E-state index is 11.5. The summed E-state index contributed by atoms with van der Waals surface area (Å²) in [5.74, 6) is -0.406. The Morgan fingerprint density at radius 2 is 1.80 bits per heavy atom. The summed E-state index contributed by atoms with van der Waals surface area (Å²) < 4.78 is 0. The monoisotopic (exact) mass is 339 g/mol. The van der Waals surface area contributed by atoms with Crippen molar-refractivity contribution in [2.24, 2.45) is 5.73 Å². The van der Waals surface area contributed by atoms with Crippen LogP contribution in [0.3, 0.4) is 0 Å². The Labute approximate surface area is 148 Å². The Bertz CT molecular complexity index is 764. The third kappa shape index (κ3) is 3.50.